The first-order valence-electron chi connectivity index (χ1n) is 7.56. The van der Waals surface area contributed by atoms with Gasteiger partial charge >= 0.3 is 0 Å². The molecule has 23 heavy (non-hydrogen) atoms. The Morgan fingerprint density at radius 1 is 1.43 bits per heavy atom. The molecule has 0 spiro atoms. The molecule has 0 unspecified atom stereocenters. The highest BCUT2D eigenvalue weighted by atomic mass is 79.9. The number of hydrogen-bond acceptors (Lipinski definition) is 4. The second kappa shape index (κ2) is 9.57. The molecular formula is C17H24BrNO4. The van der Waals surface area contributed by atoms with Crippen molar-refractivity contribution in [1.29, 1.82) is 0 Å². The number of nitrogens with zero attached hydrogens (tertiary/aromatic N) is 1. The van der Waals surface area contributed by atoms with E-state index < -0.39 is 6.10 Å². The third kappa shape index (κ3) is 5.55. The fraction of sp³-hybridized carbons (Fsp3) is 0.471. The number of allylic oxidation sites excluding steroid dienone is 2. The second-order valence-electron chi connectivity index (χ2n) is 5.08. The van der Waals surface area contributed by atoms with Crippen LogP contribution in [0.5, 0.6) is 11.5 Å². The SMILES string of the molecule is CC/C=C\CCc1ccc(O)c(Br)c1O[C@@H](C)C(=O)N(C)OC. The first-order chi connectivity index (χ1) is 10.9. The van der Waals surface area contributed by atoms with Crippen LogP contribution in [0, 0.1) is 0 Å². The molecule has 1 aromatic carbocycles. The van der Waals surface area contributed by atoms with Crippen molar-refractivity contribution < 1.29 is 19.5 Å². The number of amides is 1. The molecule has 0 bridgehead atoms. The Hall–Kier alpha value is -1.53. The molecule has 1 amide bonds. The smallest absolute Gasteiger partial charge is 0.286 e. The number of ether oxygens (including phenoxy) is 1. The minimum Gasteiger partial charge on any atom is -0.507 e. The van der Waals surface area contributed by atoms with E-state index in [0.717, 1.165) is 29.9 Å². The van der Waals surface area contributed by atoms with E-state index in [4.69, 9.17) is 9.57 Å². The van der Waals surface area contributed by atoms with Crippen LogP contribution < -0.4 is 4.74 Å². The highest BCUT2D eigenvalue weighted by Crippen LogP contribution is 2.38. The molecule has 0 saturated heterocycles. The quantitative estimate of drug-likeness (QED) is 0.545. The molecule has 6 heteroatoms. The second-order valence-corrected chi connectivity index (χ2v) is 5.88. The Morgan fingerprint density at radius 2 is 2.13 bits per heavy atom. The lowest BCUT2D eigenvalue weighted by Gasteiger charge is -2.22. The minimum absolute atomic E-state index is 0.0765. The zero-order valence-electron chi connectivity index (χ0n) is 14.0. The number of aromatic hydroxyl groups is 1. The molecule has 0 aromatic heterocycles. The molecule has 128 valence electrons. The number of phenolic OH excluding ortho intramolecular Hbond substituents is 1. The van der Waals surface area contributed by atoms with Crippen LogP contribution >= 0.6 is 15.9 Å². The highest BCUT2D eigenvalue weighted by Gasteiger charge is 2.22. The lowest BCUT2D eigenvalue weighted by atomic mass is 10.1. The van der Waals surface area contributed by atoms with Gasteiger partial charge in [0.2, 0.25) is 0 Å². The number of likely N-dealkylation sites (N-methyl/N-ethyl adjacent to an activating group) is 1. The Labute approximate surface area is 146 Å². The molecule has 0 aliphatic carbocycles. The van der Waals surface area contributed by atoms with E-state index in [2.05, 4.69) is 35.0 Å². The summed E-state index contributed by atoms with van der Waals surface area (Å²) in [5, 5.41) is 11.0. The Kier molecular flexibility index (Phi) is 8.12. The maximum atomic E-state index is 12.1. The standard InChI is InChI=1S/C17H24BrNO4/c1-5-6-7-8-9-13-10-11-14(20)15(18)16(13)23-12(2)17(21)19(3)22-4/h6-7,10-12,20H,5,8-9H2,1-4H3/b7-6-/t12-/m0/s1. The lowest BCUT2D eigenvalue weighted by Crippen LogP contribution is -2.37. The van der Waals surface area contributed by atoms with Crippen molar-refractivity contribution in [2.24, 2.45) is 0 Å². The number of aryl methyl sites for hydroxylation is 1. The zero-order valence-corrected chi connectivity index (χ0v) is 15.6. The van der Waals surface area contributed by atoms with Gasteiger partial charge in [0.1, 0.15) is 16.0 Å². The van der Waals surface area contributed by atoms with Crippen molar-refractivity contribution in [3.05, 3.63) is 34.3 Å². The van der Waals surface area contributed by atoms with Gasteiger partial charge in [-0.05, 0) is 53.7 Å². The van der Waals surface area contributed by atoms with Gasteiger partial charge in [0.05, 0.1) is 7.11 Å². The Morgan fingerprint density at radius 3 is 2.74 bits per heavy atom. The van der Waals surface area contributed by atoms with E-state index in [9.17, 15) is 9.90 Å². The molecule has 0 aliphatic rings. The fourth-order valence-electron chi connectivity index (χ4n) is 2.01. The number of carbonyl (C=O) groups excluding carboxylic acids is 1. The number of phenols is 1. The molecule has 1 aromatic rings. The summed E-state index contributed by atoms with van der Waals surface area (Å²) in [6.07, 6.45) is 6.10. The van der Waals surface area contributed by atoms with E-state index in [1.807, 2.05) is 6.07 Å². The Balaban J connectivity index is 2.96. The van der Waals surface area contributed by atoms with Gasteiger partial charge in [-0.2, -0.15) is 0 Å². The zero-order chi connectivity index (χ0) is 17.4. The van der Waals surface area contributed by atoms with Crippen molar-refractivity contribution >= 4 is 21.8 Å². The summed E-state index contributed by atoms with van der Waals surface area (Å²) >= 11 is 3.34. The van der Waals surface area contributed by atoms with Crippen molar-refractivity contribution in [2.75, 3.05) is 14.2 Å². The van der Waals surface area contributed by atoms with Gasteiger partial charge in [0.15, 0.2) is 6.10 Å². The maximum Gasteiger partial charge on any atom is 0.286 e. The maximum absolute atomic E-state index is 12.1. The molecule has 0 saturated carbocycles. The predicted molar refractivity (Wildman–Crippen MR) is 93.4 cm³/mol. The summed E-state index contributed by atoms with van der Waals surface area (Å²) in [5.74, 6) is 0.257. The van der Waals surface area contributed by atoms with Crippen LogP contribution in [0.4, 0.5) is 0 Å². The van der Waals surface area contributed by atoms with Crippen molar-refractivity contribution in [2.45, 2.75) is 39.2 Å². The monoisotopic (exact) mass is 385 g/mol. The molecule has 0 heterocycles. The summed E-state index contributed by atoms with van der Waals surface area (Å²) in [6, 6.07) is 3.43. The largest absolute Gasteiger partial charge is 0.507 e. The summed E-state index contributed by atoms with van der Waals surface area (Å²) in [4.78, 5) is 17.0. The number of halogens is 1. The normalized spacial score (nSPS) is 12.4. The molecule has 0 aliphatic heterocycles. The number of benzene rings is 1. The van der Waals surface area contributed by atoms with E-state index >= 15 is 0 Å². The van der Waals surface area contributed by atoms with Crippen molar-refractivity contribution in [3.8, 4) is 11.5 Å². The third-order valence-corrected chi connectivity index (χ3v) is 4.13. The van der Waals surface area contributed by atoms with E-state index in [1.54, 1.807) is 13.0 Å². The molecule has 1 atom stereocenters. The molecule has 0 radical (unpaired) electrons. The van der Waals surface area contributed by atoms with E-state index in [0.29, 0.717) is 10.2 Å². The average molecular weight is 386 g/mol. The molecular weight excluding hydrogens is 362 g/mol. The van der Waals surface area contributed by atoms with Crippen molar-refractivity contribution in [3.63, 3.8) is 0 Å². The van der Waals surface area contributed by atoms with Gasteiger partial charge in [-0.3, -0.25) is 9.63 Å². The summed E-state index contributed by atoms with van der Waals surface area (Å²) < 4.78 is 6.25. The van der Waals surface area contributed by atoms with E-state index in [1.165, 1.54) is 14.2 Å². The minimum atomic E-state index is -0.733. The molecule has 5 nitrogen and oxygen atoms in total. The number of hydrogen-bond donors (Lipinski definition) is 1. The number of carbonyl (C=O) groups is 1. The first-order valence-corrected chi connectivity index (χ1v) is 8.35. The van der Waals surface area contributed by atoms with Gasteiger partial charge in [-0.25, -0.2) is 5.06 Å². The van der Waals surface area contributed by atoms with Crippen LogP contribution in [0.25, 0.3) is 0 Å². The van der Waals surface area contributed by atoms with Crippen LogP contribution in [-0.4, -0.2) is 36.3 Å². The highest BCUT2D eigenvalue weighted by molar-refractivity contribution is 9.10. The first kappa shape index (κ1) is 19.5. The molecule has 0 fully saturated rings. The van der Waals surface area contributed by atoms with Crippen molar-refractivity contribution in [1.82, 2.24) is 5.06 Å². The van der Waals surface area contributed by atoms with Crippen LogP contribution in [0.2, 0.25) is 0 Å². The predicted octanol–water partition coefficient (Wildman–Crippen LogP) is 3.84. The third-order valence-electron chi connectivity index (χ3n) is 3.37. The van der Waals surface area contributed by atoms with Gasteiger partial charge in [-0.1, -0.05) is 25.1 Å². The Bertz CT molecular complexity index is 560. The fourth-order valence-corrected chi connectivity index (χ4v) is 2.49. The summed E-state index contributed by atoms with van der Waals surface area (Å²) in [7, 11) is 2.94. The van der Waals surface area contributed by atoms with E-state index in [-0.39, 0.29) is 11.7 Å². The molecule has 1 rings (SSSR count). The van der Waals surface area contributed by atoms with Gasteiger partial charge in [0, 0.05) is 7.05 Å². The van der Waals surface area contributed by atoms with Gasteiger partial charge < -0.3 is 9.84 Å². The lowest BCUT2D eigenvalue weighted by molar-refractivity contribution is -0.175. The molecule has 1 N–H and O–H groups in total. The number of hydroxylamine groups is 2. The number of rotatable bonds is 8. The van der Waals surface area contributed by atoms with Crippen LogP contribution in [0.3, 0.4) is 0 Å². The topological polar surface area (TPSA) is 59.0 Å². The van der Waals surface area contributed by atoms with Crippen LogP contribution in [0.15, 0.2) is 28.8 Å². The van der Waals surface area contributed by atoms with Crippen LogP contribution in [0.1, 0.15) is 32.3 Å². The average Bonchev–Trinajstić information content (AvgIpc) is 2.55. The van der Waals surface area contributed by atoms with Crippen LogP contribution in [-0.2, 0) is 16.1 Å². The van der Waals surface area contributed by atoms with Gasteiger partial charge in [-0.15, -0.1) is 0 Å². The van der Waals surface area contributed by atoms with Gasteiger partial charge in [0.25, 0.3) is 5.91 Å². The summed E-state index contributed by atoms with van der Waals surface area (Å²) in [5.41, 5.74) is 0.926. The summed E-state index contributed by atoms with van der Waals surface area (Å²) in [6.45, 7) is 3.73.